The summed E-state index contributed by atoms with van der Waals surface area (Å²) in [6.45, 7) is 0. The normalized spacial score (nSPS) is 15.8. The van der Waals surface area contributed by atoms with Crippen molar-refractivity contribution >= 4 is 32.9 Å². The second-order valence-corrected chi connectivity index (χ2v) is 13.1. The van der Waals surface area contributed by atoms with Crippen molar-refractivity contribution in [1.29, 1.82) is 0 Å². The lowest BCUT2D eigenvalue weighted by atomic mass is 9.85. The Morgan fingerprint density at radius 1 is 0.490 bits per heavy atom. The first-order chi connectivity index (χ1) is 24.3. The van der Waals surface area contributed by atoms with E-state index in [0.717, 1.165) is 19.3 Å². The van der Waals surface area contributed by atoms with Crippen molar-refractivity contribution < 1.29 is 0 Å². The van der Waals surface area contributed by atoms with Crippen LogP contribution in [0.2, 0.25) is 0 Å². The van der Waals surface area contributed by atoms with Crippen molar-refractivity contribution in [3.63, 3.8) is 0 Å². The summed E-state index contributed by atoms with van der Waals surface area (Å²) in [5.74, 6) is 0. The molecule has 1 nitrogen and oxygen atoms in total. The van der Waals surface area contributed by atoms with Gasteiger partial charge in [0, 0.05) is 11.4 Å². The van der Waals surface area contributed by atoms with Gasteiger partial charge in [0.1, 0.15) is 0 Å². The van der Waals surface area contributed by atoms with Crippen LogP contribution in [-0.4, -0.2) is 6.04 Å². The Bertz CT molecular complexity index is 2380. The van der Waals surface area contributed by atoms with E-state index >= 15 is 0 Å². The summed E-state index contributed by atoms with van der Waals surface area (Å²) in [7, 11) is 0. The van der Waals surface area contributed by atoms with Crippen molar-refractivity contribution in [1.82, 2.24) is 0 Å². The summed E-state index contributed by atoms with van der Waals surface area (Å²) < 4.78 is 0. The molecule has 0 aromatic heterocycles. The Kier molecular flexibility index (Phi) is 7.52. The molecule has 2 aliphatic rings. The van der Waals surface area contributed by atoms with E-state index in [4.69, 9.17) is 0 Å². The summed E-state index contributed by atoms with van der Waals surface area (Å²) in [6, 6.07) is 58.1. The number of nitrogens with zero attached hydrogens (tertiary/aromatic N) is 1. The molecular weight excluding hydrogens is 591 g/mol. The first-order valence-corrected chi connectivity index (χ1v) is 17.4. The molecule has 1 aliphatic heterocycles. The van der Waals surface area contributed by atoms with E-state index in [9.17, 15) is 0 Å². The van der Waals surface area contributed by atoms with Crippen LogP contribution >= 0.6 is 0 Å². The molecule has 234 valence electrons. The molecule has 7 aromatic carbocycles. The minimum atomic E-state index is 0.286. The van der Waals surface area contributed by atoms with E-state index in [1.807, 2.05) is 0 Å². The number of benzene rings is 7. The van der Waals surface area contributed by atoms with Crippen molar-refractivity contribution in [3.8, 4) is 33.4 Å². The van der Waals surface area contributed by atoms with Crippen LogP contribution in [0.3, 0.4) is 0 Å². The highest BCUT2D eigenvalue weighted by molar-refractivity contribution is 6.19. The minimum absolute atomic E-state index is 0.286. The third-order valence-corrected chi connectivity index (χ3v) is 10.2. The molecule has 1 aliphatic carbocycles. The average molecular weight is 628 g/mol. The predicted molar refractivity (Wildman–Crippen MR) is 210 cm³/mol. The van der Waals surface area contributed by atoms with Gasteiger partial charge in [-0.3, -0.25) is 0 Å². The fourth-order valence-corrected chi connectivity index (χ4v) is 7.96. The molecule has 0 saturated carbocycles. The topological polar surface area (TPSA) is 3.24 Å². The van der Waals surface area contributed by atoms with E-state index in [1.54, 1.807) is 0 Å². The second kappa shape index (κ2) is 12.6. The van der Waals surface area contributed by atoms with Crippen LogP contribution in [0.1, 0.15) is 24.8 Å². The Labute approximate surface area is 288 Å². The number of rotatable bonds is 6. The van der Waals surface area contributed by atoms with Crippen LogP contribution in [0.25, 0.3) is 60.6 Å². The molecule has 0 radical (unpaired) electrons. The number of anilines is 1. The zero-order valence-electron chi connectivity index (χ0n) is 27.5. The second-order valence-electron chi connectivity index (χ2n) is 13.1. The van der Waals surface area contributed by atoms with Gasteiger partial charge >= 0.3 is 0 Å². The van der Waals surface area contributed by atoms with Crippen LogP contribution in [0.15, 0.2) is 188 Å². The van der Waals surface area contributed by atoms with Crippen LogP contribution in [-0.2, 0) is 0 Å². The summed E-state index contributed by atoms with van der Waals surface area (Å²) in [6.07, 6.45) is 12.8. The van der Waals surface area contributed by atoms with Gasteiger partial charge in [-0.1, -0.05) is 164 Å². The summed E-state index contributed by atoms with van der Waals surface area (Å²) in [4.78, 5) is 2.56. The van der Waals surface area contributed by atoms with E-state index in [2.05, 4.69) is 187 Å². The SMILES string of the molecule is C1=CC(C2CC=C(c3ccccc3)N2c2ccc(-c3c4cccc(-c5ccccc5)c4cc4cccc(-c5ccccc5)c34)cc2)=CCC1. The van der Waals surface area contributed by atoms with E-state index in [0.29, 0.717) is 0 Å². The Balaban J connectivity index is 1.25. The average Bonchev–Trinajstić information content (AvgIpc) is 3.63. The molecule has 0 N–H and O–H groups in total. The fourth-order valence-electron chi connectivity index (χ4n) is 7.96. The Morgan fingerprint density at radius 2 is 1.14 bits per heavy atom. The molecular formula is C48H37N. The number of fused-ring (bicyclic) bond motifs is 2. The fraction of sp³-hybridized carbons (Fsp3) is 0.0833. The van der Waals surface area contributed by atoms with Gasteiger partial charge in [-0.25, -0.2) is 0 Å². The highest BCUT2D eigenvalue weighted by Crippen LogP contribution is 2.45. The van der Waals surface area contributed by atoms with Gasteiger partial charge in [0.15, 0.2) is 0 Å². The lowest BCUT2D eigenvalue weighted by Gasteiger charge is -2.32. The van der Waals surface area contributed by atoms with E-state index < -0.39 is 0 Å². The molecule has 0 amide bonds. The monoisotopic (exact) mass is 627 g/mol. The van der Waals surface area contributed by atoms with E-state index in [1.165, 1.54) is 77.4 Å². The van der Waals surface area contributed by atoms with Crippen molar-refractivity contribution in [2.75, 3.05) is 4.90 Å². The summed E-state index contributed by atoms with van der Waals surface area (Å²) >= 11 is 0. The maximum Gasteiger partial charge on any atom is 0.0623 e. The largest absolute Gasteiger partial charge is 0.333 e. The van der Waals surface area contributed by atoms with Crippen LogP contribution in [0.4, 0.5) is 5.69 Å². The first kappa shape index (κ1) is 29.2. The van der Waals surface area contributed by atoms with Crippen LogP contribution < -0.4 is 4.90 Å². The summed E-state index contributed by atoms with van der Waals surface area (Å²) in [5, 5.41) is 5.09. The molecule has 9 rings (SSSR count). The number of hydrogen-bond acceptors (Lipinski definition) is 1. The molecule has 7 aromatic rings. The lowest BCUT2D eigenvalue weighted by molar-refractivity contribution is 0.792. The number of allylic oxidation sites excluding steroid dienone is 2. The molecule has 0 bridgehead atoms. The Hall–Kier alpha value is -5.92. The molecule has 0 spiro atoms. The van der Waals surface area contributed by atoms with Gasteiger partial charge in [0.2, 0.25) is 0 Å². The van der Waals surface area contributed by atoms with Crippen molar-refractivity contribution in [2.45, 2.75) is 25.3 Å². The number of hydrogen-bond donors (Lipinski definition) is 0. The van der Waals surface area contributed by atoms with Gasteiger partial charge in [0.05, 0.1) is 6.04 Å². The Morgan fingerprint density at radius 3 is 1.84 bits per heavy atom. The highest BCUT2D eigenvalue weighted by atomic mass is 15.2. The van der Waals surface area contributed by atoms with Crippen LogP contribution in [0.5, 0.6) is 0 Å². The molecule has 1 heteroatoms. The third kappa shape index (κ3) is 5.29. The maximum absolute atomic E-state index is 2.56. The standard InChI is InChI=1S/C48H37N/c1-5-15-34(16-6-1)41-24-14-26-43-44(41)33-39-23-13-25-42(35-17-7-2-8-18-35)48(39)47(43)38-27-29-40(30-28-38)49-45(36-19-9-3-10-20-36)31-32-46(49)37-21-11-4-12-22-37/h1-3,5-11,13-31,33,46H,4,12,32H2. The van der Waals surface area contributed by atoms with Crippen molar-refractivity contribution in [2.24, 2.45) is 0 Å². The quantitative estimate of drug-likeness (QED) is 0.166. The third-order valence-electron chi connectivity index (χ3n) is 10.2. The van der Waals surface area contributed by atoms with Crippen LogP contribution in [0, 0.1) is 0 Å². The molecule has 0 fully saturated rings. The predicted octanol–water partition coefficient (Wildman–Crippen LogP) is 12.9. The smallest absolute Gasteiger partial charge is 0.0623 e. The van der Waals surface area contributed by atoms with Crippen molar-refractivity contribution in [3.05, 3.63) is 193 Å². The van der Waals surface area contributed by atoms with Gasteiger partial charge in [-0.15, -0.1) is 0 Å². The molecule has 49 heavy (non-hydrogen) atoms. The lowest BCUT2D eigenvalue weighted by Crippen LogP contribution is -2.31. The molecule has 1 atom stereocenters. The highest BCUT2D eigenvalue weighted by Gasteiger charge is 2.30. The summed E-state index contributed by atoms with van der Waals surface area (Å²) in [5.41, 5.74) is 12.7. The van der Waals surface area contributed by atoms with Gasteiger partial charge < -0.3 is 4.90 Å². The maximum atomic E-state index is 2.56. The van der Waals surface area contributed by atoms with Gasteiger partial charge in [-0.05, 0) is 104 Å². The van der Waals surface area contributed by atoms with E-state index in [-0.39, 0.29) is 6.04 Å². The molecule has 0 saturated heterocycles. The van der Waals surface area contributed by atoms with Gasteiger partial charge in [-0.2, -0.15) is 0 Å². The zero-order valence-corrected chi connectivity index (χ0v) is 27.5. The molecule has 1 heterocycles. The minimum Gasteiger partial charge on any atom is -0.333 e. The van der Waals surface area contributed by atoms with Gasteiger partial charge in [0.25, 0.3) is 0 Å². The molecule has 1 unspecified atom stereocenters. The first-order valence-electron chi connectivity index (χ1n) is 17.4. The zero-order chi connectivity index (χ0) is 32.6.